The second-order valence-electron chi connectivity index (χ2n) is 15.3. The summed E-state index contributed by atoms with van der Waals surface area (Å²) >= 11 is 0. The van der Waals surface area contributed by atoms with Gasteiger partial charge in [0.05, 0.1) is 33.4 Å². The smallest absolute Gasteiger partial charge is 0.0542 e. The highest BCUT2D eigenvalue weighted by molar-refractivity contribution is 6.14. The molecule has 0 bridgehead atoms. The van der Waals surface area contributed by atoms with Crippen molar-refractivity contribution in [2.75, 3.05) is 4.90 Å². The van der Waals surface area contributed by atoms with Gasteiger partial charge in [-0.05, 0) is 101 Å². The number of para-hydroxylation sites is 4. The Morgan fingerprint density at radius 2 is 0.814 bits per heavy atom. The average Bonchev–Trinajstić information content (AvgIpc) is 3.82. The molecule has 0 aliphatic rings. The highest BCUT2D eigenvalue weighted by Crippen LogP contribution is 2.45. The molecule has 3 nitrogen and oxygen atoms in total. The molecule has 10 aromatic carbocycles. The normalized spacial score (nSPS) is 11.7. The van der Waals surface area contributed by atoms with Gasteiger partial charge in [0.15, 0.2) is 0 Å². The molecule has 0 radical (unpaired) electrons. The minimum atomic E-state index is 1.12. The fraction of sp³-hybridized carbons (Fsp3) is 0. The number of nitrogens with zero attached hydrogens (tertiary/aromatic N) is 3. The number of aromatic nitrogens is 2. The molecule has 0 saturated carbocycles. The zero-order valence-electron chi connectivity index (χ0n) is 32.2. The quantitative estimate of drug-likeness (QED) is 0.165. The monoisotopic (exact) mass is 751 g/mol. The molecule has 0 aliphatic heterocycles. The summed E-state index contributed by atoms with van der Waals surface area (Å²) in [5.74, 6) is 0. The molecular formula is C56H37N3. The van der Waals surface area contributed by atoms with E-state index in [0.717, 1.165) is 28.4 Å². The summed E-state index contributed by atoms with van der Waals surface area (Å²) < 4.78 is 4.81. The number of anilines is 3. The second kappa shape index (κ2) is 13.4. The van der Waals surface area contributed by atoms with Gasteiger partial charge >= 0.3 is 0 Å². The van der Waals surface area contributed by atoms with E-state index in [1.807, 2.05) is 0 Å². The molecule has 0 fully saturated rings. The Balaban J connectivity index is 1.04. The highest BCUT2D eigenvalue weighted by atomic mass is 15.1. The lowest BCUT2D eigenvalue weighted by molar-refractivity contribution is 1.17. The molecule has 0 amide bonds. The SMILES string of the molecule is c1ccc(N(c2cccc3ccccc23)c2ccc(-c3ccc4c(c3)c3ccccc3n4-c3ccc4c(c3)c3ccccc3n4-c3ccccc3)c3ccccc23)cc1. The molecule has 59 heavy (non-hydrogen) atoms. The molecule has 0 N–H and O–H groups in total. The minimum Gasteiger partial charge on any atom is -0.309 e. The number of hydrogen-bond donors (Lipinski definition) is 0. The molecule has 2 heterocycles. The van der Waals surface area contributed by atoms with Crippen molar-refractivity contribution < 1.29 is 0 Å². The van der Waals surface area contributed by atoms with Gasteiger partial charge in [-0.3, -0.25) is 0 Å². The summed E-state index contributed by atoms with van der Waals surface area (Å²) in [4.78, 5) is 2.42. The van der Waals surface area contributed by atoms with Crippen LogP contribution in [0.2, 0.25) is 0 Å². The van der Waals surface area contributed by atoms with Crippen molar-refractivity contribution in [2.45, 2.75) is 0 Å². The zero-order valence-corrected chi connectivity index (χ0v) is 32.2. The van der Waals surface area contributed by atoms with Crippen LogP contribution in [0.25, 0.3) is 87.7 Å². The van der Waals surface area contributed by atoms with Gasteiger partial charge in [-0.2, -0.15) is 0 Å². The molecular weight excluding hydrogens is 715 g/mol. The summed E-state index contributed by atoms with van der Waals surface area (Å²) in [5.41, 5.74) is 12.9. The second-order valence-corrected chi connectivity index (χ2v) is 15.3. The fourth-order valence-electron chi connectivity index (χ4n) is 9.49. The Hall–Kier alpha value is -7.88. The van der Waals surface area contributed by atoms with E-state index in [9.17, 15) is 0 Å². The molecule has 12 rings (SSSR count). The van der Waals surface area contributed by atoms with Crippen molar-refractivity contribution >= 4 is 82.2 Å². The van der Waals surface area contributed by atoms with E-state index in [4.69, 9.17) is 0 Å². The van der Waals surface area contributed by atoms with Gasteiger partial charge in [0.2, 0.25) is 0 Å². The summed E-state index contributed by atoms with van der Waals surface area (Å²) in [6.45, 7) is 0. The summed E-state index contributed by atoms with van der Waals surface area (Å²) in [5, 5.41) is 9.82. The van der Waals surface area contributed by atoms with E-state index in [0.29, 0.717) is 0 Å². The van der Waals surface area contributed by atoms with Gasteiger partial charge in [0, 0.05) is 49.4 Å². The van der Waals surface area contributed by atoms with Crippen LogP contribution in [0.5, 0.6) is 0 Å². The standard InChI is InChI=1S/C56H37N3/c1-3-18-40(19-4-1)57(51-29-15-17-38-16-7-8-22-44(38)51)54-35-32-43(45-23-9-10-24-46(45)54)39-30-33-55-49(36-39)47-25-11-14-28-53(47)59(55)42-31-34-56-50(37-42)48-26-12-13-27-52(48)58(56)41-20-5-2-6-21-41/h1-37H. The van der Waals surface area contributed by atoms with Gasteiger partial charge in [-0.25, -0.2) is 0 Å². The molecule has 12 aromatic rings. The Morgan fingerprint density at radius 1 is 0.288 bits per heavy atom. The van der Waals surface area contributed by atoms with E-state index in [1.165, 1.54) is 76.3 Å². The van der Waals surface area contributed by atoms with Crippen molar-refractivity contribution in [3.05, 3.63) is 224 Å². The number of benzene rings is 10. The number of fused-ring (bicyclic) bond motifs is 8. The Bertz CT molecular complexity index is 3550. The predicted octanol–water partition coefficient (Wildman–Crippen LogP) is 15.3. The molecule has 3 heteroatoms. The third-order valence-electron chi connectivity index (χ3n) is 12.1. The maximum atomic E-state index is 2.44. The van der Waals surface area contributed by atoms with E-state index in [-0.39, 0.29) is 0 Å². The Kier molecular flexibility index (Phi) is 7.54. The first kappa shape index (κ1) is 33.3. The van der Waals surface area contributed by atoms with Crippen LogP contribution in [0.4, 0.5) is 17.1 Å². The first-order valence-electron chi connectivity index (χ1n) is 20.3. The third-order valence-corrected chi connectivity index (χ3v) is 12.1. The summed E-state index contributed by atoms with van der Waals surface area (Å²) in [6.07, 6.45) is 0. The highest BCUT2D eigenvalue weighted by Gasteiger charge is 2.21. The van der Waals surface area contributed by atoms with Gasteiger partial charge < -0.3 is 14.0 Å². The van der Waals surface area contributed by atoms with Crippen LogP contribution >= 0.6 is 0 Å². The van der Waals surface area contributed by atoms with E-state index in [1.54, 1.807) is 0 Å². The van der Waals surface area contributed by atoms with Gasteiger partial charge in [-0.1, -0.05) is 146 Å². The fourth-order valence-corrected chi connectivity index (χ4v) is 9.49. The Morgan fingerprint density at radius 3 is 1.56 bits per heavy atom. The third kappa shape index (κ3) is 5.22. The first-order chi connectivity index (χ1) is 29.3. The Labute approximate surface area is 341 Å². The predicted molar refractivity (Wildman–Crippen MR) is 250 cm³/mol. The van der Waals surface area contributed by atoms with Gasteiger partial charge in [0.1, 0.15) is 0 Å². The molecule has 0 unspecified atom stereocenters. The minimum absolute atomic E-state index is 1.12. The van der Waals surface area contributed by atoms with Crippen LogP contribution in [0, 0.1) is 0 Å². The van der Waals surface area contributed by atoms with E-state index < -0.39 is 0 Å². The molecule has 0 aliphatic carbocycles. The van der Waals surface area contributed by atoms with Gasteiger partial charge in [-0.15, -0.1) is 0 Å². The maximum absolute atomic E-state index is 2.44. The van der Waals surface area contributed by atoms with Crippen molar-refractivity contribution in [1.82, 2.24) is 9.13 Å². The van der Waals surface area contributed by atoms with E-state index >= 15 is 0 Å². The molecule has 0 spiro atoms. The van der Waals surface area contributed by atoms with Crippen molar-refractivity contribution in [1.29, 1.82) is 0 Å². The van der Waals surface area contributed by atoms with Crippen molar-refractivity contribution in [2.24, 2.45) is 0 Å². The maximum Gasteiger partial charge on any atom is 0.0542 e. The average molecular weight is 752 g/mol. The largest absolute Gasteiger partial charge is 0.309 e. The van der Waals surface area contributed by atoms with Crippen molar-refractivity contribution in [3.8, 4) is 22.5 Å². The van der Waals surface area contributed by atoms with Crippen LogP contribution in [0.1, 0.15) is 0 Å². The topological polar surface area (TPSA) is 13.1 Å². The lowest BCUT2D eigenvalue weighted by atomic mass is 9.95. The zero-order chi connectivity index (χ0) is 38.9. The molecule has 0 saturated heterocycles. The molecule has 0 atom stereocenters. The number of hydrogen-bond acceptors (Lipinski definition) is 1. The summed E-state index contributed by atoms with van der Waals surface area (Å²) in [6, 6.07) is 81.7. The first-order valence-corrected chi connectivity index (χ1v) is 20.3. The van der Waals surface area contributed by atoms with E-state index in [2.05, 4.69) is 238 Å². The lowest BCUT2D eigenvalue weighted by Crippen LogP contribution is -2.11. The molecule has 2 aromatic heterocycles. The van der Waals surface area contributed by atoms with Crippen LogP contribution in [-0.4, -0.2) is 9.13 Å². The molecule has 276 valence electrons. The van der Waals surface area contributed by atoms with Crippen LogP contribution < -0.4 is 4.90 Å². The number of rotatable bonds is 6. The van der Waals surface area contributed by atoms with Gasteiger partial charge in [0.25, 0.3) is 0 Å². The van der Waals surface area contributed by atoms with Crippen LogP contribution in [-0.2, 0) is 0 Å². The van der Waals surface area contributed by atoms with Crippen LogP contribution in [0.3, 0.4) is 0 Å². The van der Waals surface area contributed by atoms with Crippen molar-refractivity contribution in [3.63, 3.8) is 0 Å². The van der Waals surface area contributed by atoms with Crippen LogP contribution in [0.15, 0.2) is 224 Å². The summed E-state index contributed by atoms with van der Waals surface area (Å²) in [7, 11) is 0. The lowest BCUT2D eigenvalue weighted by Gasteiger charge is -2.28.